The van der Waals surface area contributed by atoms with Crippen molar-refractivity contribution in [3.8, 4) is 5.75 Å². The van der Waals surface area contributed by atoms with Crippen LogP contribution < -0.4 is 10.1 Å². The molecule has 1 aliphatic rings. The molecule has 0 saturated carbocycles. The molecule has 0 bridgehead atoms. The van der Waals surface area contributed by atoms with E-state index in [9.17, 15) is 18.4 Å². The number of carbonyl (C=O) groups is 2. The topological polar surface area (TPSA) is 58.6 Å². The second-order valence-corrected chi connectivity index (χ2v) is 5.70. The van der Waals surface area contributed by atoms with Crippen molar-refractivity contribution in [2.45, 2.75) is 19.6 Å². The first-order valence-corrected chi connectivity index (χ1v) is 7.75. The van der Waals surface area contributed by atoms with Crippen LogP contribution in [0.2, 0.25) is 0 Å². The van der Waals surface area contributed by atoms with Gasteiger partial charge in [0.25, 0.3) is 5.24 Å². The Hall–Kier alpha value is -1.83. The molecule has 1 heterocycles. The quantitative estimate of drug-likeness (QED) is 0.834. The normalized spacial score (nSPS) is 14.5. The van der Waals surface area contributed by atoms with Crippen LogP contribution in [0.3, 0.4) is 0 Å². The fraction of sp³-hybridized carbons (Fsp3) is 0.429. The van der Waals surface area contributed by atoms with E-state index in [1.54, 1.807) is 17.0 Å². The summed E-state index contributed by atoms with van der Waals surface area (Å²) in [6, 6.07) is 6.07. The van der Waals surface area contributed by atoms with Crippen LogP contribution in [0.5, 0.6) is 5.75 Å². The molecule has 0 radical (unpaired) electrons. The van der Waals surface area contributed by atoms with Gasteiger partial charge in [0.15, 0.2) is 0 Å². The zero-order chi connectivity index (χ0) is 15.9. The maximum absolute atomic E-state index is 12.0. The van der Waals surface area contributed by atoms with Gasteiger partial charge in [-0.05, 0) is 17.7 Å². The number of hydrogen-bond donors (Lipinski definition) is 1. The summed E-state index contributed by atoms with van der Waals surface area (Å²) in [6.07, 6.45) is 0.249. The summed E-state index contributed by atoms with van der Waals surface area (Å²) >= 11 is 1.26. The lowest BCUT2D eigenvalue weighted by atomic mass is 10.2. The lowest BCUT2D eigenvalue weighted by Crippen LogP contribution is -2.30. The molecule has 1 aliphatic heterocycles. The van der Waals surface area contributed by atoms with Crippen molar-refractivity contribution in [1.29, 1.82) is 0 Å². The summed E-state index contributed by atoms with van der Waals surface area (Å²) < 4.78 is 28.3. The number of alkyl halides is 2. The molecule has 0 atom stereocenters. The number of carbonyl (C=O) groups excluding carboxylic acids is 2. The lowest BCUT2D eigenvalue weighted by molar-refractivity contribution is -0.121. The molecule has 1 N–H and O–H groups in total. The average molecular weight is 330 g/mol. The highest BCUT2D eigenvalue weighted by Crippen LogP contribution is 2.17. The van der Waals surface area contributed by atoms with Gasteiger partial charge in [-0.3, -0.25) is 9.59 Å². The molecule has 1 aromatic carbocycles. The third-order valence-electron chi connectivity index (χ3n) is 3.09. The van der Waals surface area contributed by atoms with E-state index in [2.05, 4.69) is 10.1 Å². The average Bonchev–Trinajstić information content (AvgIpc) is 2.89. The standard InChI is InChI=1S/C14H16F2N2O3S/c15-13(16)21-11-3-1-10(2-4-11)9-17-12(19)5-6-18-7-8-22-14(18)20/h1-4,13H,5-9H2,(H,17,19). The van der Waals surface area contributed by atoms with Gasteiger partial charge in [-0.15, -0.1) is 0 Å². The van der Waals surface area contributed by atoms with Crippen LogP contribution in [0.15, 0.2) is 24.3 Å². The Morgan fingerprint density at radius 2 is 2.09 bits per heavy atom. The lowest BCUT2D eigenvalue weighted by Gasteiger charge is -2.14. The number of nitrogens with one attached hydrogen (secondary N) is 1. The van der Waals surface area contributed by atoms with Gasteiger partial charge in [0, 0.05) is 31.8 Å². The van der Waals surface area contributed by atoms with Crippen LogP contribution in [0.1, 0.15) is 12.0 Å². The van der Waals surface area contributed by atoms with E-state index < -0.39 is 6.61 Å². The van der Waals surface area contributed by atoms with E-state index >= 15 is 0 Å². The molecule has 8 heteroatoms. The number of rotatable bonds is 7. The molecule has 120 valence electrons. The van der Waals surface area contributed by atoms with E-state index in [0.29, 0.717) is 19.6 Å². The number of thioether (sulfide) groups is 1. The highest BCUT2D eigenvalue weighted by atomic mass is 32.2. The van der Waals surface area contributed by atoms with Gasteiger partial charge in [-0.2, -0.15) is 8.78 Å². The minimum absolute atomic E-state index is 0.0161. The van der Waals surface area contributed by atoms with E-state index in [0.717, 1.165) is 11.3 Å². The number of benzene rings is 1. The number of nitrogens with zero attached hydrogens (tertiary/aromatic N) is 1. The van der Waals surface area contributed by atoms with Crippen LogP contribution in [0.4, 0.5) is 13.6 Å². The molecule has 5 nitrogen and oxygen atoms in total. The Balaban J connectivity index is 1.70. The second-order valence-electron chi connectivity index (χ2n) is 4.65. The molecule has 0 unspecified atom stereocenters. The van der Waals surface area contributed by atoms with Crippen molar-refractivity contribution < 1.29 is 23.1 Å². The third kappa shape index (κ3) is 5.18. The molecule has 0 spiro atoms. The molecule has 0 aromatic heterocycles. The van der Waals surface area contributed by atoms with Crippen molar-refractivity contribution in [3.63, 3.8) is 0 Å². The molecule has 1 aromatic rings. The first-order valence-electron chi connectivity index (χ1n) is 6.77. The van der Waals surface area contributed by atoms with Gasteiger partial charge in [0.1, 0.15) is 5.75 Å². The van der Waals surface area contributed by atoms with Crippen molar-refractivity contribution >= 4 is 22.9 Å². The van der Waals surface area contributed by atoms with Crippen molar-refractivity contribution in [2.24, 2.45) is 0 Å². The fourth-order valence-electron chi connectivity index (χ4n) is 1.94. The Bertz CT molecular complexity index is 525. The Labute approximate surface area is 131 Å². The first kappa shape index (κ1) is 16.5. The van der Waals surface area contributed by atoms with Crippen LogP contribution in [-0.2, 0) is 11.3 Å². The largest absolute Gasteiger partial charge is 0.435 e. The second kappa shape index (κ2) is 7.98. The predicted molar refractivity (Wildman–Crippen MR) is 79.0 cm³/mol. The summed E-state index contributed by atoms with van der Waals surface area (Å²) in [5, 5.41) is 2.74. The van der Waals surface area contributed by atoms with E-state index in [1.807, 2.05) is 0 Å². The highest BCUT2D eigenvalue weighted by Gasteiger charge is 2.21. The van der Waals surface area contributed by atoms with Crippen LogP contribution in [0.25, 0.3) is 0 Å². The molecule has 2 rings (SSSR count). The minimum atomic E-state index is -2.85. The number of ether oxygens (including phenoxy) is 1. The van der Waals surface area contributed by atoms with Gasteiger partial charge in [0.05, 0.1) is 0 Å². The summed E-state index contributed by atoms with van der Waals surface area (Å²) in [5.41, 5.74) is 0.780. The highest BCUT2D eigenvalue weighted by molar-refractivity contribution is 8.13. The monoisotopic (exact) mass is 330 g/mol. The van der Waals surface area contributed by atoms with Crippen molar-refractivity contribution in [2.75, 3.05) is 18.8 Å². The van der Waals surface area contributed by atoms with Crippen molar-refractivity contribution in [3.05, 3.63) is 29.8 Å². The van der Waals surface area contributed by atoms with Crippen LogP contribution >= 0.6 is 11.8 Å². The fourth-order valence-corrected chi connectivity index (χ4v) is 2.79. The first-order chi connectivity index (χ1) is 10.5. The molecular weight excluding hydrogens is 314 g/mol. The van der Waals surface area contributed by atoms with E-state index in [1.165, 1.54) is 23.9 Å². The van der Waals surface area contributed by atoms with Gasteiger partial charge in [0.2, 0.25) is 5.91 Å². The number of hydrogen-bond acceptors (Lipinski definition) is 4. The maximum atomic E-state index is 12.0. The minimum Gasteiger partial charge on any atom is -0.435 e. The zero-order valence-electron chi connectivity index (χ0n) is 11.8. The molecule has 0 aliphatic carbocycles. The SMILES string of the molecule is O=C(CCN1CCSC1=O)NCc1ccc(OC(F)F)cc1. The van der Waals surface area contributed by atoms with E-state index in [4.69, 9.17) is 0 Å². The van der Waals surface area contributed by atoms with Gasteiger partial charge >= 0.3 is 6.61 Å². The zero-order valence-corrected chi connectivity index (χ0v) is 12.6. The summed E-state index contributed by atoms with van der Waals surface area (Å²) in [5.74, 6) is 0.695. The Morgan fingerprint density at radius 1 is 1.36 bits per heavy atom. The number of halogens is 2. The number of amides is 2. The van der Waals surface area contributed by atoms with Gasteiger partial charge < -0.3 is 15.0 Å². The summed E-state index contributed by atoms with van der Waals surface area (Å²) in [4.78, 5) is 24.7. The van der Waals surface area contributed by atoms with Gasteiger partial charge in [-0.25, -0.2) is 0 Å². The third-order valence-corrected chi connectivity index (χ3v) is 3.98. The molecule has 22 heavy (non-hydrogen) atoms. The Kier molecular flexibility index (Phi) is 6.00. The van der Waals surface area contributed by atoms with Crippen LogP contribution in [-0.4, -0.2) is 41.5 Å². The molecule has 1 saturated heterocycles. The maximum Gasteiger partial charge on any atom is 0.387 e. The molecule has 2 amide bonds. The molecule has 1 fully saturated rings. The van der Waals surface area contributed by atoms with Crippen LogP contribution in [0, 0.1) is 0 Å². The van der Waals surface area contributed by atoms with Gasteiger partial charge in [-0.1, -0.05) is 23.9 Å². The smallest absolute Gasteiger partial charge is 0.387 e. The summed E-state index contributed by atoms with van der Waals surface area (Å²) in [7, 11) is 0. The molecular formula is C14H16F2N2O3S. The predicted octanol–water partition coefficient (Wildman–Crippen LogP) is 2.46. The Morgan fingerprint density at radius 3 is 2.68 bits per heavy atom. The van der Waals surface area contributed by atoms with E-state index in [-0.39, 0.29) is 23.3 Å². The van der Waals surface area contributed by atoms with Crippen molar-refractivity contribution in [1.82, 2.24) is 10.2 Å². The summed E-state index contributed by atoms with van der Waals surface area (Å²) in [6.45, 7) is -1.45.